The number of rotatable bonds is 7. The molecule has 6 heteroatoms. The molecule has 0 aliphatic rings. The van der Waals surface area contributed by atoms with Crippen LogP contribution in [0.3, 0.4) is 0 Å². The third kappa shape index (κ3) is 3.75. The van der Waals surface area contributed by atoms with Crippen LogP contribution in [0.15, 0.2) is 23.7 Å². The monoisotopic (exact) mass is 293 g/mol. The van der Waals surface area contributed by atoms with Gasteiger partial charge in [0.1, 0.15) is 5.01 Å². The first-order valence-electron chi connectivity index (χ1n) is 6.39. The smallest absolute Gasteiger partial charge is 0.212 e. The van der Waals surface area contributed by atoms with Crippen molar-refractivity contribution in [3.63, 3.8) is 0 Å². The SMILES string of the molecule is COCCNC(c1ccc(OC)nc1)c1nc(C)cs1. The fourth-order valence-corrected chi connectivity index (χ4v) is 2.74. The maximum Gasteiger partial charge on any atom is 0.212 e. The van der Waals surface area contributed by atoms with E-state index < -0.39 is 0 Å². The highest BCUT2D eigenvalue weighted by Crippen LogP contribution is 2.25. The van der Waals surface area contributed by atoms with Crippen LogP contribution in [0.2, 0.25) is 0 Å². The molecule has 1 unspecified atom stereocenters. The Morgan fingerprint density at radius 1 is 1.35 bits per heavy atom. The van der Waals surface area contributed by atoms with Gasteiger partial charge in [-0.3, -0.25) is 0 Å². The lowest BCUT2D eigenvalue weighted by molar-refractivity contribution is 0.197. The molecule has 0 fully saturated rings. The molecule has 0 saturated heterocycles. The molecule has 5 nitrogen and oxygen atoms in total. The molecule has 0 radical (unpaired) electrons. The van der Waals surface area contributed by atoms with Gasteiger partial charge in [0.2, 0.25) is 5.88 Å². The molecule has 2 aromatic rings. The highest BCUT2D eigenvalue weighted by atomic mass is 32.1. The summed E-state index contributed by atoms with van der Waals surface area (Å²) in [6.07, 6.45) is 1.82. The van der Waals surface area contributed by atoms with Crippen LogP contribution in [0, 0.1) is 6.92 Å². The van der Waals surface area contributed by atoms with Gasteiger partial charge in [-0.2, -0.15) is 0 Å². The van der Waals surface area contributed by atoms with E-state index in [0.29, 0.717) is 12.5 Å². The average Bonchev–Trinajstić information content (AvgIpc) is 2.90. The normalized spacial score (nSPS) is 12.3. The molecule has 0 aliphatic carbocycles. The van der Waals surface area contributed by atoms with Crippen LogP contribution in [-0.2, 0) is 4.74 Å². The van der Waals surface area contributed by atoms with Crippen molar-refractivity contribution in [1.82, 2.24) is 15.3 Å². The number of aryl methyl sites for hydroxylation is 1. The van der Waals surface area contributed by atoms with Crippen LogP contribution in [0.4, 0.5) is 0 Å². The summed E-state index contributed by atoms with van der Waals surface area (Å²) in [5.41, 5.74) is 2.10. The predicted octanol–water partition coefficient (Wildman–Crippen LogP) is 2.18. The Labute approximate surface area is 123 Å². The first kappa shape index (κ1) is 14.9. The van der Waals surface area contributed by atoms with E-state index in [1.807, 2.05) is 25.3 Å². The molecule has 1 atom stereocenters. The number of pyridine rings is 1. The van der Waals surface area contributed by atoms with Gasteiger partial charge in [-0.25, -0.2) is 9.97 Å². The van der Waals surface area contributed by atoms with E-state index in [1.165, 1.54) is 0 Å². The van der Waals surface area contributed by atoms with Gasteiger partial charge in [-0.15, -0.1) is 11.3 Å². The van der Waals surface area contributed by atoms with Gasteiger partial charge in [0.05, 0.1) is 19.8 Å². The van der Waals surface area contributed by atoms with E-state index in [2.05, 4.69) is 20.7 Å². The Bertz CT molecular complexity index is 527. The lowest BCUT2D eigenvalue weighted by Crippen LogP contribution is -2.26. The summed E-state index contributed by atoms with van der Waals surface area (Å²) in [6.45, 7) is 3.41. The Hall–Kier alpha value is -1.50. The zero-order chi connectivity index (χ0) is 14.4. The topological polar surface area (TPSA) is 56.3 Å². The van der Waals surface area contributed by atoms with Crippen LogP contribution < -0.4 is 10.1 Å². The van der Waals surface area contributed by atoms with E-state index in [9.17, 15) is 0 Å². The Kier molecular flexibility index (Phi) is 5.46. The zero-order valence-electron chi connectivity index (χ0n) is 11.9. The van der Waals surface area contributed by atoms with Crippen molar-refractivity contribution in [2.45, 2.75) is 13.0 Å². The van der Waals surface area contributed by atoms with Crippen LogP contribution in [0.25, 0.3) is 0 Å². The minimum Gasteiger partial charge on any atom is -0.481 e. The molecule has 2 heterocycles. The maximum absolute atomic E-state index is 5.09. The van der Waals surface area contributed by atoms with Crippen molar-refractivity contribution in [2.24, 2.45) is 0 Å². The third-order valence-corrected chi connectivity index (χ3v) is 3.87. The summed E-state index contributed by atoms with van der Waals surface area (Å²) in [5.74, 6) is 0.611. The van der Waals surface area contributed by atoms with Gasteiger partial charge in [0, 0.05) is 37.0 Å². The van der Waals surface area contributed by atoms with Crippen LogP contribution in [-0.4, -0.2) is 37.3 Å². The molecule has 1 N–H and O–H groups in total. The molecule has 0 bridgehead atoms. The third-order valence-electron chi connectivity index (χ3n) is 2.84. The fourth-order valence-electron chi connectivity index (χ4n) is 1.84. The van der Waals surface area contributed by atoms with Crippen molar-refractivity contribution in [3.8, 4) is 5.88 Å². The summed E-state index contributed by atoms with van der Waals surface area (Å²) in [4.78, 5) is 8.83. The van der Waals surface area contributed by atoms with Gasteiger partial charge >= 0.3 is 0 Å². The molecular weight excluding hydrogens is 274 g/mol. The summed E-state index contributed by atoms with van der Waals surface area (Å²) in [5, 5.41) is 6.53. The molecule has 108 valence electrons. The quantitative estimate of drug-likeness (QED) is 0.793. The van der Waals surface area contributed by atoms with Gasteiger partial charge in [0.15, 0.2) is 0 Å². The molecule has 2 aromatic heterocycles. The molecule has 20 heavy (non-hydrogen) atoms. The molecule has 0 aliphatic heterocycles. The van der Waals surface area contributed by atoms with Crippen LogP contribution in [0.1, 0.15) is 22.3 Å². The Morgan fingerprint density at radius 3 is 2.75 bits per heavy atom. The lowest BCUT2D eigenvalue weighted by Gasteiger charge is -2.16. The first-order valence-corrected chi connectivity index (χ1v) is 7.27. The van der Waals surface area contributed by atoms with Crippen molar-refractivity contribution in [1.29, 1.82) is 0 Å². The summed E-state index contributed by atoms with van der Waals surface area (Å²) >= 11 is 1.65. The molecular formula is C14H19N3O2S. The second kappa shape index (κ2) is 7.33. The van der Waals surface area contributed by atoms with Gasteiger partial charge in [-0.05, 0) is 12.5 Å². The van der Waals surface area contributed by atoms with Gasteiger partial charge < -0.3 is 14.8 Å². The van der Waals surface area contributed by atoms with E-state index in [0.717, 1.165) is 22.8 Å². The molecule has 0 aromatic carbocycles. The summed E-state index contributed by atoms with van der Waals surface area (Å²) < 4.78 is 10.2. The molecule has 0 amide bonds. The van der Waals surface area contributed by atoms with E-state index in [-0.39, 0.29) is 6.04 Å². The van der Waals surface area contributed by atoms with Gasteiger partial charge in [0.25, 0.3) is 0 Å². The van der Waals surface area contributed by atoms with E-state index >= 15 is 0 Å². The van der Waals surface area contributed by atoms with Crippen molar-refractivity contribution in [3.05, 3.63) is 40.0 Å². The average molecular weight is 293 g/mol. The Balaban J connectivity index is 2.20. The lowest BCUT2D eigenvalue weighted by atomic mass is 10.1. The molecule has 0 spiro atoms. The largest absolute Gasteiger partial charge is 0.481 e. The van der Waals surface area contributed by atoms with E-state index in [1.54, 1.807) is 25.6 Å². The van der Waals surface area contributed by atoms with Crippen molar-refractivity contribution < 1.29 is 9.47 Å². The second-order valence-electron chi connectivity index (χ2n) is 4.34. The number of nitrogens with zero attached hydrogens (tertiary/aromatic N) is 2. The van der Waals surface area contributed by atoms with Crippen molar-refractivity contribution in [2.75, 3.05) is 27.4 Å². The number of thiazole rings is 1. The number of hydrogen-bond donors (Lipinski definition) is 1. The second-order valence-corrected chi connectivity index (χ2v) is 5.23. The number of aromatic nitrogens is 2. The number of methoxy groups -OCH3 is 2. The van der Waals surface area contributed by atoms with Crippen LogP contribution >= 0.6 is 11.3 Å². The number of hydrogen-bond acceptors (Lipinski definition) is 6. The predicted molar refractivity (Wildman–Crippen MR) is 79.4 cm³/mol. The number of nitrogens with one attached hydrogen (secondary N) is 1. The van der Waals surface area contributed by atoms with Crippen LogP contribution in [0.5, 0.6) is 5.88 Å². The fraction of sp³-hybridized carbons (Fsp3) is 0.429. The van der Waals surface area contributed by atoms with Crippen molar-refractivity contribution >= 4 is 11.3 Å². The molecule has 2 rings (SSSR count). The summed E-state index contributed by atoms with van der Waals surface area (Å²) in [6, 6.07) is 3.90. The number of ether oxygens (including phenoxy) is 2. The zero-order valence-corrected chi connectivity index (χ0v) is 12.7. The highest BCUT2D eigenvalue weighted by Gasteiger charge is 2.17. The summed E-state index contributed by atoms with van der Waals surface area (Å²) in [7, 11) is 3.31. The maximum atomic E-state index is 5.09. The Morgan fingerprint density at radius 2 is 2.20 bits per heavy atom. The minimum absolute atomic E-state index is 0.0299. The highest BCUT2D eigenvalue weighted by molar-refractivity contribution is 7.09. The standard InChI is InChI=1S/C14H19N3O2S/c1-10-9-20-14(17-10)13(15-6-7-18-2)11-4-5-12(19-3)16-8-11/h4-5,8-9,13,15H,6-7H2,1-3H3. The molecule has 0 saturated carbocycles. The minimum atomic E-state index is 0.0299. The first-order chi connectivity index (χ1) is 9.74. The van der Waals surface area contributed by atoms with Gasteiger partial charge in [-0.1, -0.05) is 6.07 Å². The van der Waals surface area contributed by atoms with E-state index in [4.69, 9.17) is 9.47 Å².